The van der Waals surface area contributed by atoms with Gasteiger partial charge in [-0.15, -0.1) is 11.6 Å². The van der Waals surface area contributed by atoms with Crippen molar-refractivity contribution in [3.8, 4) is 5.88 Å². The molecule has 1 saturated heterocycles. The Morgan fingerprint density at radius 2 is 2.29 bits per heavy atom. The van der Waals surface area contributed by atoms with E-state index in [2.05, 4.69) is 15.1 Å². The van der Waals surface area contributed by atoms with E-state index in [-0.39, 0.29) is 41.9 Å². The quantitative estimate of drug-likeness (QED) is 0.433. The smallest absolute Gasteiger partial charge is 0.481 e. The largest absolute Gasteiger partial charge is 0.523 e. The molecule has 4 heterocycles. The Balaban J connectivity index is 1.95. The molecule has 31 heavy (non-hydrogen) atoms. The number of primary amides is 1. The Kier molecular flexibility index (Phi) is 5.46. The van der Waals surface area contributed by atoms with Crippen molar-refractivity contribution in [2.24, 2.45) is 5.73 Å². The minimum absolute atomic E-state index is 0.0442. The summed E-state index contributed by atoms with van der Waals surface area (Å²) in [5.41, 5.74) is 6.08. The lowest BCUT2D eigenvalue weighted by molar-refractivity contribution is 0.100. The second-order valence-corrected chi connectivity index (χ2v) is 7.33. The van der Waals surface area contributed by atoms with Gasteiger partial charge in [-0.05, 0) is 6.07 Å². The van der Waals surface area contributed by atoms with Gasteiger partial charge < -0.3 is 15.2 Å². The van der Waals surface area contributed by atoms with Gasteiger partial charge in [0.05, 0.1) is 31.6 Å². The first kappa shape index (κ1) is 20.9. The monoisotopic (exact) mass is 449 g/mol. The second kappa shape index (κ2) is 8.08. The number of methoxy groups -OCH3 is 1. The number of carbonyl (C=O) groups is 2. The Hall–Kier alpha value is -3.31. The molecular formula is C19H19ClFN6O4+. The van der Waals surface area contributed by atoms with Gasteiger partial charge >= 0.3 is 6.09 Å². The van der Waals surface area contributed by atoms with Crippen molar-refractivity contribution in [1.29, 1.82) is 0 Å². The van der Waals surface area contributed by atoms with Crippen LogP contribution in [0.25, 0.3) is 5.65 Å². The van der Waals surface area contributed by atoms with Crippen LogP contribution in [-0.4, -0.2) is 57.7 Å². The Morgan fingerprint density at radius 1 is 1.48 bits per heavy atom. The first-order valence-corrected chi connectivity index (χ1v) is 9.91. The summed E-state index contributed by atoms with van der Waals surface area (Å²) in [5.74, 6) is -0.565. The van der Waals surface area contributed by atoms with Crippen LogP contribution in [0.2, 0.25) is 0 Å². The molecule has 4 rings (SSSR count). The molecule has 1 aliphatic heterocycles. The number of alkyl halides is 1. The van der Waals surface area contributed by atoms with E-state index >= 15 is 0 Å². The van der Waals surface area contributed by atoms with Crippen molar-refractivity contribution in [1.82, 2.24) is 24.1 Å². The molecular weight excluding hydrogens is 431 g/mol. The zero-order chi connectivity index (χ0) is 22.2. The number of nitrogens with two attached hydrogens (primary N) is 1. The van der Waals surface area contributed by atoms with E-state index in [9.17, 15) is 14.0 Å². The highest BCUT2D eigenvalue weighted by Crippen LogP contribution is 2.43. The number of quaternary nitrogens is 1. The van der Waals surface area contributed by atoms with E-state index in [0.29, 0.717) is 12.0 Å². The highest BCUT2D eigenvalue weighted by molar-refractivity contribution is 6.17. The lowest BCUT2D eigenvalue weighted by Crippen LogP contribution is -2.53. The van der Waals surface area contributed by atoms with Gasteiger partial charge in [0.1, 0.15) is 11.4 Å². The molecule has 2 N–H and O–H groups in total. The standard InChI is InChI=1S/C19H18ClFN6O4/c1-30-18-12(7-11(21)8-23-18)14-10-31-19(29)27(14,6-2-4-20)15-3-5-26-17(25-15)13(9-24-26)16(22)28/h3,5,7-9,14H,2,4,6,10H2,1H3,(H-,22,28)/p+1. The maximum Gasteiger partial charge on any atom is 0.523 e. The van der Waals surface area contributed by atoms with Gasteiger partial charge in [-0.3, -0.25) is 4.79 Å². The Bertz CT molecular complexity index is 1170. The fraction of sp³-hybridized carbons (Fsp3) is 0.316. The van der Waals surface area contributed by atoms with Gasteiger partial charge in [0.15, 0.2) is 18.3 Å². The highest BCUT2D eigenvalue weighted by Gasteiger charge is 2.57. The minimum atomic E-state index is -0.705. The number of fused-ring (bicyclic) bond motifs is 1. The number of cyclic esters (lactones) is 1. The lowest BCUT2D eigenvalue weighted by atomic mass is 10.0. The molecule has 0 spiro atoms. The fourth-order valence-corrected chi connectivity index (χ4v) is 4.00. The molecule has 0 aromatic carbocycles. The third-order valence-electron chi connectivity index (χ3n) is 5.29. The highest BCUT2D eigenvalue weighted by atomic mass is 35.5. The summed E-state index contributed by atoms with van der Waals surface area (Å²) >= 11 is 5.94. The molecule has 0 radical (unpaired) electrons. The first-order chi connectivity index (χ1) is 14.9. The van der Waals surface area contributed by atoms with E-state index in [0.717, 1.165) is 6.20 Å². The van der Waals surface area contributed by atoms with Crippen LogP contribution in [0.4, 0.5) is 15.0 Å². The number of carbonyl (C=O) groups excluding carboxylic acids is 2. The summed E-state index contributed by atoms with van der Waals surface area (Å²) in [6.07, 6.45) is 3.75. The van der Waals surface area contributed by atoms with Crippen molar-refractivity contribution >= 4 is 35.1 Å². The zero-order valence-electron chi connectivity index (χ0n) is 16.5. The van der Waals surface area contributed by atoms with Crippen LogP contribution >= 0.6 is 11.6 Å². The van der Waals surface area contributed by atoms with E-state index in [1.807, 2.05) is 0 Å². The lowest BCUT2D eigenvalue weighted by Gasteiger charge is -2.32. The van der Waals surface area contributed by atoms with Crippen molar-refractivity contribution in [2.75, 3.05) is 26.1 Å². The van der Waals surface area contributed by atoms with Crippen molar-refractivity contribution in [3.63, 3.8) is 0 Å². The topological polar surface area (TPSA) is 122 Å². The second-order valence-electron chi connectivity index (χ2n) is 6.96. The van der Waals surface area contributed by atoms with Gasteiger partial charge in [-0.25, -0.2) is 13.9 Å². The van der Waals surface area contributed by atoms with E-state index < -0.39 is 28.3 Å². The Morgan fingerprint density at radius 3 is 3.00 bits per heavy atom. The van der Waals surface area contributed by atoms with Gasteiger partial charge in [0.25, 0.3) is 5.91 Å². The predicted octanol–water partition coefficient (Wildman–Crippen LogP) is 2.20. The summed E-state index contributed by atoms with van der Waals surface area (Å²) in [6, 6.07) is 2.15. The zero-order valence-corrected chi connectivity index (χ0v) is 17.3. The SMILES string of the molecule is COc1ncc(F)cc1C1COC(=O)[N+]1(CCCCl)c1ccn2ncc(C(N)=O)c2n1. The molecule has 0 aliphatic carbocycles. The number of hydrogen-bond acceptors (Lipinski definition) is 7. The number of pyridine rings is 1. The molecule has 0 bridgehead atoms. The van der Waals surface area contributed by atoms with Gasteiger partial charge in [0, 0.05) is 24.6 Å². The van der Waals surface area contributed by atoms with Crippen molar-refractivity contribution in [3.05, 3.63) is 47.7 Å². The predicted molar refractivity (Wildman–Crippen MR) is 108 cm³/mol. The third-order valence-corrected chi connectivity index (χ3v) is 5.56. The number of rotatable bonds is 7. The molecule has 3 aromatic heterocycles. The van der Waals surface area contributed by atoms with Crippen LogP contribution in [0.5, 0.6) is 5.88 Å². The summed E-state index contributed by atoms with van der Waals surface area (Å²) < 4.78 is 25.8. The summed E-state index contributed by atoms with van der Waals surface area (Å²) in [5, 5.41) is 4.06. The number of ether oxygens (including phenoxy) is 2. The van der Waals surface area contributed by atoms with Crippen molar-refractivity contribution < 1.29 is 23.5 Å². The summed E-state index contributed by atoms with van der Waals surface area (Å²) in [4.78, 5) is 33.5. The molecule has 1 fully saturated rings. The molecule has 2 amide bonds. The molecule has 162 valence electrons. The average molecular weight is 450 g/mol. The van der Waals surface area contributed by atoms with Crippen LogP contribution in [0.3, 0.4) is 0 Å². The fourth-order valence-electron chi connectivity index (χ4n) is 3.88. The Labute approximate surface area is 180 Å². The van der Waals surface area contributed by atoms with Crippen molar-refractivity contribution in [2.45, 2.75) is 12.5 Å². The van der Waals surface area contributed by atoms with Gasteiger partial charge in [-0.1, -0.05) is 0 Å². The van der Waals surface area contributed by atoms with E-state index in [1.165, 1.54) is 23.9 Å². The number of hydrogen-bond donors (Lipinski definition) is 1. The molecule has 2 atom stereocenters. The minimum Gasteiger partial charge on any atom is -0.481 e. The first-order valence-electron chi connectivity index (χ1n) is 9.37. The van der Waals surface area contributed by atoms with Crippen LogP contribution in [0.1, 0.15) is 28.4 Å². The number of amides is 2. The molecule has 10 nitrogen and oxygen atoms in total. The average Bonchev–Trinajstić information content (AvgIpc) is 3.33. The summed E-state index contributed by atoms with van der Waals surface area (Å²) in [6.45, 7) is 0.174. The van der Waals surface area contributed by atoms with E-state index in [4.69, 9.17) is 26.8 Å². The molecule has 0 saturated carbocycles. The molecule has 3 aromatic rings. The molecule has 1 aliphatic rings. The molecule has 2 unspecified atom stereocenters. The number of nitrogens with zero attached hydrogens (tertiary/aromatic N) is 5. The van der Waals surface area contributed by atoms with E-state index in [1.54, 1.807) is 12.3 Å². The van der Waals surface area contributed by atoms with Gasteiger partial charge in [-0.2, -0.15) is 19.4 Å². The number of aromatic nitrogens is 4. The summed E-state index contributed by atoms with van der Waals surface area (Å²) in [7, 11) is 1.41. The van der Waals surface area contributed by atoms with Crippen LogP contribution < -0.4 is 15.0 Å². The maximum absolute atomic E-state index is 14.1. The number of halogens is 2. The molecule has 12 heteroatoms. The maximum atomic E-state index is 14.1. The van der Waals surface area contributed by atoms with Crippen LogP contribution in [0.15, 0.2) is 30.7 Å². The normalized spacial score (nSPS) is 20.7. The van der Waals surface area contributed by atoms with Gasteiger partial charge in [0.2, 0.25) is 11.7 Å². The van der Waals surface area contributed by atoms with Crippen LogP contribution in [0, 0.1) is 5.82 Å². The van der Waals surface area contributed by atoms with Crippen LogP contribution in [-0.2, 0) is 4.74 Å². The third kappa shape index (κ3) is 3.35.